The average molecular weight is 251 g/mol. The average Bonchev–Trinajstić information content (AvgIpc) is 3.09. The molecule has 0 amide bonds. The Kier molecular flexibility index (Phi) is 3.05. The van der Waals surface area contributed by atoms with Crippen LogP contribution >= 0.6 is 0 Å². The highest BCUT2D eigenvalue weighted by atomic mass is 16.3. The van der Waals surface area contributed by atoms with Crippen molar-refractivity contribution >= 4 is 10.9 Å². The molecular weight excluding hydrogens is 238 g/mol. The van der Waals surface area contributed by atoms with Gasteiger partial charge in [-0.3, -0.25) is 5.32 Å². The third-order valence-electron chi connectivity index (χ3n) is 3.12. The van der Waals surface area contributed by atoms with Crippen molar-refractivity contribution in [3.63, 3.8) is 0 Å². The molecule has 94 valence electrons. The zero-order chi connectivity index (χ0) is 13.1. The van der Waals surface area contributed by atoms with Gasteiger partial charge in [-0.05, 0) is 18.2 Å². The SMILES string of the molecule is N#CC(NCc1ccco1)c1c[nH]c2ccccc12. The predicted octanol–water partition coefficient (Wildman–Crippen LogP) is 3.12. The normalized spacial score (nSPS) is 12.4. The number of hydrogen-bond acceptors (Lipinski definition) is 3. The lowest BCUT2D eigenvalue weighted by Crippen LogP contribution is -2.18. The second-order valence-corrected chi connectivity index (χ2v) is 4.31. The molecule has 1 aromatic carbocycles. The fourth-order valence-electron chi connectivity index (χ4n) is 2.17. The van der Waals surface area contributed by atoms with Gasteiger partial charge in [0.1, 0.15) is 11.8 Å². The van der Waals surface area contributed by atoms with Crippen molar-refractivity contribution < 1.29 is 4.42 Å². The molecule has 4 nitrogen and oxygen atoms in total. The van der Waals surface area contributed by atoms with Gasteiger partial charge in [-0.2, -0.15) is 5.26 Å². The van der Waals surface area contributed by atoms with Crippen LogP contribution in [-0.2, 0) is 6.54 Å². The number of nitrogens with zero attached hydrogens (tertiary/aromatic N) is 1. The lowest BCUT2D eigenvalue weighted by molar-refractivity contribution is 0.474. The van der Waals surface area contributed by atoms with Gasteiger partial charge in [0.15, 0.2) is 0 Å². The number of rotatable bonds is 4. The van der Waals surface area contributed by atoms with Crippen molar-refractivity contribution in [2.45, 2.75) is 12.6 Å². The van der Waals surface area contributed by atoms with Gasteiger partial charge in [0, 0.05) is 22.7 Å². The van der Waals surface area contributed by atoms with Crippen LogP contribution in [0.2, 0.25) is 0 Å². The first-order chi connectivity index (χ1) is 9.38. The number of H-pyrrole nitrogens is 1. The molecule has 2 aromatic heterocycles. The molecule has 2 N–H and O–H groups in total. The first-order valence-corrected chi connectivity index (χ1v) is 6.10. The van der Waals surface area contributed by atoms with Crippen molar-refractivity contribution in [2.75, 3.05) is 0 Å². The molecule has 0 saturated carbocycles. The van der Waals surface area contributed by atoms with Crippen molar-refractivity contribution in [3.8, 4) is 6.07 Å². The van der Waals surface area contributed by atoms with Crippen LogP contribution in [0.15, 0.2) is 53.3 Å². The second kappa shape index (κ2) is 5.01. The largest absolute Gasteiger partial charge is 0.468 e. The third kappa shape index (κ3) is 2.24. The smallest absolute Gasteiger partial charge is 0.123 e. The van der Waals surface area contributed by atoms with E-state index in [4.69, 9.17) is 4.42 Å². The van der Waals surface area contributed by atoms with Gasteiger partial charge in [-0.15, -0.1) is 0 Å². The van der Waals surface area contributed by atoms with E-state index < -0.39 is 0 Å². The van der Waals surface area contributed by atoms with Crippen LogP contribution in [0, 0.1) is 11.3 Å². The van der Waals surface area contributed by atoms with Crippen LogP contribution in [-0.4, -0.2) is 4.98 Å². The van der Waals surface area contributed by atoms with Gasteiger partial charge < -0.3 is 9.40 Å². The molecule has 0 aliphatic heterocycles. The summed E-state index contributed by atoms with van der Waals surface area (Å²) in [6.07, 6.45) is 3.51. The Morgan fingerprint density at radius 3 is 2.95 bits per heavy atom. The van der Waals surface area contributed by atoms with E-state index in [0.717, 1.165) is 22.2 Å². The minimum absolute atomic E-state index is 0.360. The number of aromatic nitrogens is 1. The maximum atomic E-state index is 9.33. The van der Waals surface area contributed by atoms with Crippen molar-refractivity contribution in [2.24, 2.45) is 0 Å². The minimum atomic E-state index is -0.360. The van der Waals surface area contributed by atoms with E-state index in [-0.39, 0.29) is 6.04 Å². The molecule has 4 heteroatoms. The number of furan rings is 1. The molecule has 2 heterocycles. The first kappa shape index (κ1) is 11.6. The van der Waals surface area contributed by atoms with E-state index >= 15 is 0 Å². The molecule has 1 atom stereocenters. The molecule has 1 unspecified atom stereocenters. The lowest BCUT2D eigenvalue weighted by atomic mass is 10.1. The predicted molar refractivity (Wildman–Crippen MR) is 72.2 cm³/mol. The third-order valence-corrected chi connectivity index (χ3v) is 3.12. The molecule has 19 heavy (non-hydrogen) atoms. The van der Waals surface area contributed by atoms with Gasteiger partial charge in [0.05, 0.1) is 18.9 Å². The summed E-state index contributed by atoms with van der Waals surface area (Å²) < 4.78 is 5.25. The molecule has 0 saturated heterocycles. The van der Waals surface area contributed by atoms with Crippen molar-refractivity contribution in [3.05, 3.63) is 60.2 Å². The quantitative estimate of drug-likeness (QED) is 0.748. The summed E-state index contributed by atoms with van der Waals surface area (Å²) in [7, 11) is 0. The summed E-state index contributed by atoms with van der Waals surface area (Å²) in [5.41, 5.74) is 2.00. The maximum absolute atomic E-state index is 9.33. The number of benzene rings is 1. The Bertz CT molecular complexity index is 706. The Morgan fingerprint density at radius 2 is 2.16 bits per heavy atom. The van der Waals surface area contributed by atoms with Crippen molar-refractivity contribution in [1.82, 2.24) is 10.3 Å². The Labute approximate surface area is 110 Å². The number of hydrogen-bond donors (Lipinski definition) is 2. The number of nitriles is 1. The van der Waals surface area contributed by atoms with E-state index in [1.54, 1.807) is 6.26 Å². The number of fused-ring (bicyclic) bond motifs is 1. The highest BCUT2D eigenvalue weighted by Crippen LogP contribution is 2.23. The summed E-state index contributed by atoms with van der Waals surface area (Å²) >= 11 is 0. The summed E-state index contributed by atoms with van der Waals surface area (Å²) in [6, 6.07) is 13.6. The van der Waals surface area contributed by atoms with E-state index in [1.807, 2.05) is 42.6 Å². The molecule has 0 aliphatic rings. The highest BCUT2D eigenvalue weighted by molar-refractivity contribution is 5.83. The molecular formula is C15H13N3O. The van der Waals surface area contributed by atoms with Crippen LogP contribution in [0.3, 0.4) is 0 Å². The van der Waals surface area contributed by atoms with E-state index in [1.165, 1.54) is 0 Å². The van der Waals surface area contributed by atoms with Gasteiger partial charge in [0.25, 0.3) is 0 Å². The van der Waals surface area contributed by atoms with Gasteiger partial charge in [0.2, 0.25) is 0 Å². The van der Waals surface area contributed by atoms with Crippen LogP contribution in [0.1, 0.15) is 17.4 Å². The Balaban J connectivity index is 1.84. The summed E-state index contributed by atoms with van der Waals surface area (Å²) in [5.74, 6) is 0.820. The molecule has 0 radical (unpaired) electrons. The number of aromatic amines is 1. The molecule has 0 spiro atoms. The Hall–Kier alpha value is -2.51. The van der Waals surface area contributed by atoms with Crippen molar-refractivity contribution in [1.29, 1.82) is 5.26 Å². The zero-order valence-electron chi connectivity index (χ0n) is 10.3. The van der Waals surface area contributed by atoms with Crippen LogP contribution < -0.4 is 5.32 Å². The summed E-state index contributed by atoms with van der Waals surface area (Å²) in [4.78, 5) is 3.18. The number of para-hydroxylation sites is 1. The van der Waals surface area contributed by atoms with E-state index in [0.29, 0.717) is 6.54 Å². The van der Waals surface area contributed by atoms with E-state index in [2.05, 4.69) is 16.4 Å². The standard InChI is InChI=1S/C15H13N3O/c16-8-15(17-9-11-4-3-7-19-11)13-10-18-14-6-2-1-5-12(13)14/h1-7,10,15,17-18H,9H2. The monoisotopic (exact) mass is 251 g/mol. The summed E-state index contributed by atoms with van der Waals surface area (Å²) in [6.45, 7) is 0.532. The van der Waals surface area contributed by atoms with Crippen LogP contribution in [0.4, 0.5) is 0 Å². The van der Waals surface area contributed by atoms with Gasteiger partial charge >= 0.3 is 0 Å². The fourth-order valence-corrected chi connectivity index (χ4v) is 2.17. The Morgan fingerprint density at radius 1 is 1.26 bits per heavy atom. The molecule has 0 bridgehead atoms. The fraction of sp³-hybridized carbons (Fsp3) is 0.133. The molecule has 0 aliphatic carbocycles. The molecule has 3 rings (SSSR count). The number of nitrogens with one attached hydrogen (secondary N) is 2. The topological polar surface area (TPSA) is 64.8 Å². The summed E-state index contributed by atoms with van der Waals surface area (Å²) in [5, 5.41) is 13.6. The van der Waals surface area contributed by atoms with Gasteiger partial charge in [-0.25, -0.2) is 0 Å². The van der Waals surface area contributed by atoms with Crippen LogP contribution in [0.5, 0.6) is 0 Å². The molecule has 0 fully saturated rings. The maximum Gasteiger partial charge on any atom is 0.123 e. The zero-order valence-corrected chi connectivity index (χ0v) is 10.3. The lowest BCUT2D eigenvalue weighted by Gasteiger charge is -2.09. The van der Waals surface area contributed by atoms with Crippen LogP contribution in [0.25, 0.3) is 10.9 Å². The second-order valence-electron chi connectivity index (χ2n) is 4.31. The van der Waals surface area contributed by atoms with E-state index in [9.17, 15) is 5.26 Å². The first-order valence-electron chi connectivity index (χ1n) is 6.10. The molecule has 3 aromatic rings. The highest BCUT2D eigenvalue weighted by Gasteiger charge is 2.14. The van der Waals surface area contributed by atoms with Gasteiger partial charge in [-0.1, -0.05) is 18.2 Å². The minimum Gasteiger partial charge on any atom is -0.468 e.